The molecule has 6 heterocycles. The number of quaternary nitrogens is 2. The van der Waals surface area contributed by atoms with Crippen LogP contribution in [0.2, 0.25) is 0 Å². The van der Waals surface area contributed by atoms with E-state index in [9.17, 15) is 15.0 Å². The number of rotatable bonds is 6. The number of carboxylic acid groups (broad SMARTS) is 1. The van der Waals surface area contributed by atoms with Crippen LogP contribution in [0.25, 0.3) is 0 Å². The molecule has 12 heteroatoms. The van der Waals surface area contributed by atoms with Crippen LogP contribution in [-0.2, 0) is 4.79 Å². The minimum Gasteiger partial charge on any atom is -0.862 e. The Labute approximate surface area is 256 Å². The number of hydrogen-bond donors (Lipinski definition) is 1. The monoisotopic (exact) mass is 595 g/mol. The van der Waals surface area contributed by atoms with Crippen molar-refractivity contribution in [2.45, 2.75) is 52.4 Å². The van der Waals surface area contributed by atoms with E-state index in [4.69, 9.17) is 5.41 Å². The van der Waals surface area contributed by atoms with Gasteiger partial charge in [-0.15, -0.1) is 0 Å². The molecule has 0 radical (unpaired) electrons. The summed E-state index contributed by atoms with van der Waals surface area (Å²) < 4.78 is 2.70. The fraction of sp³-hybridized carbons (Fsp3) is 0.677. The smallest absolute Gasteiger partial charge is 0.225 e. The van der Waals surface area contributed by atoms with Gasteiger partial charge < -0.3 is 39.2 Å². The van der Waals surface area contributed by atoms with Crippen molar-refractivity contribution in [3.05, 3.63) is 36.9 Å². The van der Waals surface area contributed by atoms with E-state index >= 15 is 0 Å². The van der Waals surface area contributed by atoms with Gasteiger partial charge in [0.1, 0.15) is 0 Å². The van der Waals surface area contributed by atoms with Gasteiger partial charge in [0.15, 0.2) is 0 Å². The lowest BCUT2D eigenvalue weighted by atomic mass is 9.86. The third kappa shape index (κ3) is 9.82. The van der Waals surface area contributed by atoms with Crippen molar-refractivity contribution in [3.63, 3.8) is 0 Å². The third-order valence-corrected chi connectivity index (χ3v) is 9.34. The maximum Gasteiger partial charge on any atom is 0.225 e. The van der Waals surface area contributed by atoms with Crippen molar-refractivity contribution >= 4 is 23.8 Å². The van der Waals surface area contributed by atoms with Crippen LogP contribution >= 0.6 is 0 Å². The number of aliphatic carboxylic acids is 1. The van der Waals surface area contributed by atoms with Gasteiger partial charge in [0, 0.05) is 56.4 Å². The van der Waals surface area contributed by atoms with Crippen LogP contribution < -0.4 is 20.0 Å². The van der Waals surface area contributed by atoms with E-state index in [0.29, 0.717) is 0 Å². The van der Waals surface area contributed by atoms with Crippen molar-refractivity contribution in [1.82, 2.24) is 19.9 Å². The molecule has 6 rings (SSSR count). The molecule has 4 saturated heterocycles. The van der Waals surface area contributed by atoms with Crippen molar-refractivity contribution in [3.8, 4) is 0 Å². The number of piperazine rings is 2. The number of carbonyl (C=O) groups is 1. The second-order valence-electron chi connectivity index (χ2n) is 13.3. The Bertz CT molecular complexity index is 1040. The van der Waals surface area contributed by atoms with Gasteiger partial charge in [-0.05, 0) is 36.3 Å². The Balaban J connectivity index is 0.000000151. The molecular formula is C31H49N9O3. The summed E-state index contributed by atoms with van der Waals surface area (Å²) in [6.45, 7) is 18.4. The number of nitrogens with one attached hydrogen (secondary N) is 1. The molecule has 0 atom stereocenters. The summed E-state index contributed by atoms with van der Waals surface area (Å²) in [7, 11) is 0. The number of carbonyl (C=O) groups excluding carboxylic acids is 1. The third-order valence-electron chi connectivity index (χ3n) is 9.34. The molecule has 1 N–H and O–H groups in total. The Kier molecular flexibility index (Phi) is 11.3. The molecule has 4 fully saturated rings. The van der Waals surface area contributed by atoms with E-state index in [1.54, 1.807) is 13.8 Å². The first-order valence-electron chi connectivity index (χ1n) is 15.8. The normalized spacial score (nSPS) is 20.6. The molecule has 0 aliphatic carbocycles. The topological polar surface area (TPSA) is 145 Å². The molecule has 43 heavy (non-hydrogen) atoms. The maximum absolute atomic E-state index is 10.3. The van der Waals surface area contributed by atoms with Crippen LogP contribution in [0.5, 0.6) is 0 Å². The molecule has 12 nitrogen and oxygen atoms in total. The van der Waals surface area contributed by atoms with Crippen LogP contribution in [0, 0.1) is 10.8 Å². The Morgan fingerprint density at radius 1 is 0.698 bits per heavy atom. The van der Waals surface area contributed by atoms with Gasteiger partial charge in [-0.3, -0.25) is 0 Å². The zero-order chi connectivity index (χ0) is 30.8. The molecule has 0 amide bonds. The molecule has 0 saturated carbocycles. The molecule has 2 aromatic heterocycles. The highest BCUT2D eigenvalue weighted by Crippen LogP contribution is 2.25. The van der Waals surface area contributed by atoms with Crippen LogP contribution in [0.4, 0.5) is 11.9 Å². The van der Waals surface area contributed by atoms with Gasteiger partial charge in [-0.25, -0.2) is 19.9 Å². The molecule has 0 bridgehead atoms. The lowest BCUT2D eigenvalue weighted by molar-refractivity contribution is -0.917. The number of nitrogens with zero attached hydrogens (tertiary/aromatic N) is 8. The zero-order valence-corrected chi connectivity index (χ0v) is 26.0. The summed E-state index contributed by atoms with van der Waals surface area (Å²) in [6.07, 6.45) is 12.8. The van der Waals surface area contributed by atoms with Gasteiger partial charge in [0.05, 0.1) is 78.5 Å². The average Bonchev–Trinajstić information content (AvgIpc) is 3.64. The van der Waals surface area contributed by atoms with Crippen LogP contribution in [-0.4, -0.2) is 119 Å². The Morgan fingerprint density at radius 2 is 1.05 bits per heavy atom. The average molecular weight is 596 g/mol. The molecule has 236 valence electrons. The predicted molar refractivity (Wildman–Crippen MR) is 162 cm³/mol. The summed E-state index contributed by atoms with van der Waals surface area (Å²) in [5.41, 5.74) is -0.655. The van der Waals surface area contributed by atoms with Crippen LogP contribution in [0.3, 0.4) is 0 Å². The minimum atomic E-state index is -1.18. The van der Waals surface area contributed by atoms with Gasteiger partial charge in [0.25, 0.3) is 0 Å². The highest BCUT2D eigenvalue weighted by Gasteiger charge is 2.37. The van der Waals surface area contributed by atoms with Crippen LogP contribution in [0.15, 0.2) is 36.9 Å². The maximum atomic E-state index is 10.3. The molecule has 2 spiro atoms. The van der Waals surface area contributed by atoms with E-state index in [1.807, 2.05) is 36.9 Å². The largest absolute Gasteiger partial charge is 0.862 e. The summed E-state index contributed by atoms with van der Waals surface area (Å²) in [4.78, 5) is 32.1. The number of anilines is 2. The molecule has 0 aromatic carbocycles. The second kappa shape index (κ2) is 14.9. The quantitative estimate of drug-likeness (QED) is 0.290. The standard InChI is InChI=1S/2C12H19N4.C7H13NO3/c2*1-2-9-16(8-1)10-6-15(7-11-16)12-13-4-3-5-14-12;1-7(2,3-5(8)9)4-6(10)11/h2*3-5H,1-2,6-11H2;3-4H2,1-2H3,(H2,8,9)(H,10,11)/q2*+1;/p-2. The lowest BCUT2D eigenvalue weighted by Gasteiger charge is -2.41. The molecule has 4 aliphatic heterocycles. The van der Waals surface area contributed by atoms with E-state index in [1.165, 1.54) is 87.0 Å². The number of carboxylic acids is 1. The predicted octanol–water partition coefficient (Wildman–Crippen LogP) is 0.695. The summed E-state index contributed by atoms with van der Waals surface area (Å²) in [5.74, 6) is -0.119. The molecule has 2 aromatic rings. The summed E-state index contributed by atoms with van der Waals surface area (Å²) >= 11 is 0. The minimum absolute atomic E-state index is 0.0407. The molecular weight excluding hydrogens is 546 g/mol. The van der Waals surface area contributed by atoms with Gasteiger partial charge in [0.2, 0.25) is 11.9 Å². The van der Waals surface area contributed by atoms with E-state index < -0.39 is 17.3 Å². The SMILES string of the molecule is CC(C)(CC(=N)[O-])CC(=O)[O-].c1cnc(N2CC[N+]3(CCCC3)CC2)nc1.c1cnc(N2CC[N+]3(CCCC3)CC2)nc1. The van der Waals surface area contributed by atoms with Crippen molar-refractivity contribution in [2.24, 2.45) is 5.41 Å². The van der Waals surface area contributed by atoms with Crippen molar-refractivity contribution < 1.29 is 24.0 Å². The van der Waals surface area contributed by atoms with E-state index in [-0.39, 0.29) is 12.8 Å². The highest BCUT2D eigenvalue weighted by molar-refractivity contribution is 5.71. The van der Waals surface area contributed by atoms with Crippen molar-refractivity contribution in [1.29, 1.82) is 5.41 Å². The molecule has 0 unspecified atom stereocenters. The second-order valence-corrected chi connectivity index (χ2v) is 13.3. The van der Waals surface area contributed by atoms with Gasteiger partial charge >= 0.3 is 0 Å². The number of hydrogen-bond acceptors (Lipinski definition) is 10. The molecule has 4 aliphatic rings. The Hall–Kier alpha value is -3.38. The zero-order valence-electron chi connectivity index (χ0n) is 26.0. The Morgan fingerprint density at radius 3 is 1.35 bits per heavy atom. The first-order valence-corrected chi connectivity index (χ1v) is 15.8. The highest BCUT2D eigenvalue weighted by atomic mass is 16.4. The number of aromatic nitrogens is 4. The summed E-state index contributed by atoms with van der Waals surface area (Å²) in [6, 6.07) is 3.75. The van der Waals surface area contributed by atoms with E-state index in [2.05, 4.69) is 29.7 Å². The van der Waals surface area contributed by atoms with Gasteiger partial charge in [-0.1, -0.05) is 13.8 Å². The van der Waals surface area contributed by atoms with Crippen molar-refractivity contribution in [2.75, 3.05) is 88.3 Å². The van der Waals surface area contributed by atoms with E-state index in [0.717, 1.165) is 38.1 Å². The lowest BCUT2D eigenvalue weighted by Crippen LogP contribution is -2.58. The fourth-order valence-electron chi connectivity index (χ4n) is 6.88. The first kappa shape index (κ1) is 32.5. The van der Waals surface area contributed by atoms with Gasteiger partial charge in [-0.2, -0.15) is 0 Å². The fourth-order valence-corrected chi connectivity index (χ4v) is 6.88. The summed E-state index contributed by atoms with van der Waals surface area (Å²) in [5, 5.41) is 27.0. The van der Waals surface area contributed by atoms with Crippen LogP contribution in [0.1, 0.15) is 52.4 Å². The first-order chi connectivity index (χ1) is 20.6.